The van der Waals surface area contributed by atoms with Crippen molar-refractivity contribution in [3.8, 4) is 0 Å². The van der Waals surface area contributed by atoms with E-state index in [-0.39, 0.29) is 18.0 Å². The van der Waals surface area contributed by atoms with Crippen molar-refractivity contribution in [2.24, 2.45) is 0 Å². The molecule has 2 amide bonds. The Balaban J connectivity index is 1.87. The normalized spacial score (nSPS) is 21.6. The van der Waals surface area contributed by atoms with Gasteiger partial charge in [0.1, 0.15) is 6.17 Å². The molecule has 0 saturated carbocycles. The monoisotopic (exact) mass is 454 g/mol. The van der Waals surface area contributed by atoms with Gasteiger partial charge in [-0.05, 0) is 31.2 Å². The van der Waals surface area contributed by atoms with Crippen LogP contribution in [-0.2, 0) is 9.59 Å². The van der Waals surface area contributed by atoms with Crippen molar-refractivity contribution in [3.05, 3.63) is 35.9 Å². The molecule has 2 aliphatic heterocycles. The molecule has 1 aromatic carbocycles. The first-order valence-electron chi connectivity index (χ1n) is 13.9. The second-order valence-electron chi connectivity index (χ2n) is 10.1. The minimum Gasteiger partial charge on any atom is -0.318 e. The lowest BCUT2D eigenvalue weighted by atomic mass is 10.0. The zero-order valence-corrected chi connectivity index (χ0v) is 20.8. The molecular weight excluding hydrogens is 408 g/mol. The van der Waals surface area contributed by atoms with Gasteiger partial charge >= 0.3 is 0 Å². The summed E-state index contributed by atoms with van der Waals surface area (Å²) in [7, 11) is 0. The van der Waals surface area contributed by atoms with E-state index < -0.39 is 0 Å². The van der Waals surface area contributed by atoms with Gasteiger partial charge in [-0.3, -0.25) is 9.59 Å². The van der Waals surface area contributed by atoms with Gasteiger partial charge < -0.3 is 9.80 Å². The Morgan fingerprint density at radius 2 is 0.848 bits per heavy atom. The molecule has 2 saturated heterocycles. The van der Waals surface area contributed by atoms with Crippen LogP contribution in [0.3, 0.4) is 0 Å². The Kier molecular flexibility index (Phi) is 11.8. The van der Waals surface area contributed by atoms with Gasteiger partial charge in [-0.15, -0.1) is 0 Å². The molecule has 184 valence electrons. The van der Waals surface area contributed by atoms with Crippen LogP contribution in [0.5, 0.6) is 0 Å². The maximum Gasteiger partial charge on any atom is 0.224 e. The Morgan fingerprint density at radius 1 is 0.485 bits per heavy atom. The molecule has 0 radical (unpaired) electrons. The highest BCUT2D eigenvalue weighted by atomic mass is 16.2. The van der Waals surface area contributed by atoms with Crippen molar-refractivity contribution in [2.75, 3.05) is 13.1 Å². The molecule has 0 unspecified atom stereocenters. The van der Waals surface area contributed by atoms with E-state index in [0.29, 0.717) is 12.8 Å². The SMILES string of the molecule is O=C1CCCCCCCCCCN1C(c1ccccc1)N1CCCCCCCCCCC1=O. The Hall–Kier alpha value is -1.84. The first-order chi connectivity index (χ1) is 16.3. The van der Waals surface area contributed by atoms with Gasteiger partial charge in [-0.1, -0.05) is 107 Å². The molecule has 0 atom stereocenters. The number of carbonyl (C=O) groups excluding carboxylic acids is 2. The molecule has 0 aromatic heterocycles. The van der Waals surface area contributed by atoms with Gasteiger partial charge in [0, 0.05) is 25.9 Å². The zero-order chi connectivity index (χ0) is 23.1. The van der Waals surface area contributed by atoms with E-state index in [2.05, 4.69) is 21.9 Å². The Bertz CT molecular complexity index is 650. The highest BCUT2D eigenvalue weighted by Gasteiger charge is 2.32. The van der Waals surface area contributed by atoms with Crippen molar-refractivity contribution >= 4 is 11.8 Å². The van der Waals surface area contributed by atoms with Gasteiger partial charge in [0.15, 0.2) is 0 Å². The van der Waals surface area contributed by atoms with Gasteiger partial charge in [0.25, 0.3) is 0 Å². The van der Waals surface area contributed by atoms with Gasteiger partial charge in [0.2, 0.25) is 11.8 Å². The molecule has 2 fully saturated rings. The standard InChI is InChI=1S/C29H46N2O2/c32-27-22-16-9-5-1-3-7-11-18-24-30(27)29(26-20-14-13-15-21-26)31-25-19-12-8-4-2-6-10-17-23-28(31)33/h13-15,20-21,29H,1-12,16-19,22-25H2. The summed E-state index contributed by atoms with van der Waals surface area (Å²) in [4.78, 5) is 31.3. The smallest absolute Gasteiger partial charge is 0.224 e. The predicted molar refractivity (Wildman–Crippen MR) is 136 cm³/mol. The van der Waals surface area contributed by atoms with E-state index in [9.17, 15) is 9.59 Å². The van der Waals surface area contributed by atoms with Crippen LogP contribution < -0.4 is 0 Å². The molecule has 0 N–H and O–H groups in total. The van der Waals surface area contributed by atoms with E-state index in [1.165, 1.54) is 64.2 Å². The maximum absolute atomic E-state index is 13.6. The van der Waals surface area contributed by atoms with Gasteiger partial charge in [-0.2, -0.15) is 0 Å². The van der Waals surface area contributed by atoms with Crippen molar-refractivity contribution in [1.82, 2.24) is 9.80 Å². The number of carbonyl (C=O) groups is 2. The van der Waals surface area contributed by atoms with Crippen molar-refractivity contribution in [2.45, 2.75) is 122 Å². The fourth-order valence-corrected chi connectivity index (χ4v) is 5.45. The first-order valence-corrected chi connectivity index (χ1v) is 13.9. The lowest BCUT2D eigenvalue weighted by Gasteiger charge is -2.41. The minimum absolute atomic E-state index is 0.225. The van der Waals surface area contributed by atoms with E-state index >= 15 is 0 Å². The van der Waals surface area contributed by atoms with Crippen LogP contribution in [0.1, 0.15) is 127 Å². The van der Waals surface area contributed by atoms with Crippen LogP contribution in [0.2, 0.25) is 0 Å². The Morgan fingerprint density at radius 3 is 1.27 bits per heavy atom. The number of benzene rings is 1. The fourth-order valence-electron chi connectivity index (χ4n) is 5.45. The van der Waals surface area contributed by atoms with E-state index in [0.717, 1.165) is 57.2 Å². The summed E-state index contributed by atoms with van der Waals surface area (Å²) >= 11 is 0. The molecule has 2 aliphatic rings. The first kappa shape index (κ1) is 25.8. The van der Waals surface area contributed by atoms with E-state index in [4.69, 9.17) is 0 Å². The lowest BCUT2D eigenvalue weighted by molar-refractivity contribution is -0.147. The van der Waals surface area contributed by atoms with E-state index in [1.807, 2.05) is 18.2 Å². The summed E-state index contributed by atoms with van der Waals surface area (Å²) in [6.45, 7) is 1.50. The number of nitrogens with zero attached hydrogens (tertiary/aromatic N) is 2. The molecule has 4 nitrogen and oxygen atoms in total. The second kappa shape index (κ2) is 15.1. The van der Waals surface area contributed by atoms with Crippen LogP contribution >= 0.6 is 0 Å². The second-order valence-corrected chi connectivity index (χ2v) is 10.1. The summed E-state index contributed by atoms with van der Waals surface area (Å²) in [5, 5.41) is 0. The zero-order valence-electron chi connectivity index (χ0n) is 20.8. The largest absolute Gasteiger partial charge is 0.318 e. The molecule has 2 heterocycles. The lowest BCUT2D eigenvalue weighted by Crippen LogP contribution is -2.48. The third-order valence-corrected chi connectivity index (χ3v) is 7.41. The summed E-state index contributed by atoms with van der Waals surface area (Å²) < 4.78 is 0. The average molecular weight is 455 g/mol. The highest BCUT2D eigenvalue weighted by Crippen LogP contribution is 2.30. The summed E-state index contributed by atoms with van der Waals surface area (Å²) in [6.07, 6.45) is 19.7. The molecule has 33 heavy (non-hydrogen) atoms. The quantitative estimate of drug-likeness (QED) is 0.477. The highest BCUT2D eigenvalue weighted by molar-refractivity contribution is 5.80. The van der Waals surface area contributed by atoms with Crippen LogP contribution in [0, 0.1) is 0 Å². The molecular formula is C29H46N2O2. The molecule has 0 bridgehead atoms. The summed E-state index contributed by atoms with van der Waals surface area (Å²) in [6, 6.07) is 10.3. The predicted octanol–water partition coefficient (Wildman–Crippen LogP) is 7.39. The van der Waals surface area contributed by atoms with Crippen LogP contribution in [0.15, 0.2) is 30.3 Å². The topological polar surface area (TPSA) is 40.6 Å². The van der Waals surface area contributed by atoms with Crippen LogP contribution in [0.25, 0.3) is 0 Å². The molecule has 0 spiro atoms. The van der Waals surface area contributed by atoms with Crippen molar-refractivity contribution < 1.29 is 9.59 Å². The molecule has 3 rings (SSSR count). The number of amides is 2. The summed E-state index contributed by atoms with van der Waals surface area (Å²) in [5.74, 6) is 0.451. The van der Waals surface area contributed by atoms with Crippen molar-refractivity contribution in [1.29, 1.82) is 0 Å². The van der Waals surface area contributed by atoms with Gasteiger partial charge in [-0.25, -0.2) is 0 Å². The minimum atomic E-state index is -0.267. The number of rotatable bonds is 3. The Labute approximate surface area is 202 Å². The number of hydrogen-bond donors (Lipinski definition) is 0. The van der Waals surface area contributed by atoms with Gasteiger partial charge in [0.05, 0.1) is 0 Å². The number of hydrogen-bond acceptors (Lipinski definition) is 2. The fraction of sp³-hybridized carbons (Fsp3) is 0.724. The average Bonchev–Trinajstić information content (AvgIpc) is 2.82. The third-order valence-electron chi connectivity index (χ3n) is 7.41. The van der Waals surface area contributed by atoms with E-state index in [1.54, 1.807) is 0 Å². The third kappa shape index (κ3) is 8.79. The van der Waals surface area contributed by atoms with Crippen molar-refractivity contribution in [3.63, 3.8) is 0 Å². The van der Waals surface area contributed by atoms with Crippen LogP contribution in [0.4, 0.5) is 0 Å². The maximum atomic E-state index is 13.6. The molecule has 4 heteroatoms. The van der Waals surface area contributed by atoms with Crippen LogP contribution in [-0.4, -0.2) is 34.7 Å². The molecule has 1 aromatic rings. The summed E-state index contributed by atoms with van der Waals surface area (Å²) in [5.41, 5.74) is 1.08. The molecule has 0 aliphatic carbocycles.